The molecule has 146 valence electrons. The number of benzene rings is 2. The summed E-state index contributed by atoms with van der Waals surface area (Å²) in [5.74, 6) is -1.57. The Labute approximate surface area is 168 Å². The second-order valence-electron chi connectivity index (χ2n) is 6.48. The molecule has 1 aliphatic heterocycles. The van der Waals surface area contributed by atoms with Crippen molar-refractivity contribution >= 4 is 35.2 Å². The summed E-state index contributed by atoms with van der Waals surface area (Å²) in [6, 6.07) is 17.1. The van der Waals surface area contributed by atoms with Crippen molar-refractivity contribution in [2.24, 2.45) is 5.92 Å². The lowest BCUT2D eigenvalue weighted by atomic mass is 10.1. The van der Waals surface area contributed by atoms with Crippen molar-refractivity contribution < 1.29 is 19.1 Å². The highest BCUT2D eigenvalue weighted by Crippen LogP contribution is 2.28. The minimum atomic E-state index is -0.563. The van der Waals surface area contributed by atoms with Crippen LogP contribution in [-0.4, -0.2) is 37.2 Å². The molecule has 2 aromatic rings. The van der Waals surface area contributed by atoms with Crippen molar-refractivity contribution in [3.8, 4) is 0 Å². The van der Waals surface area contributed by atoms with E-state index in [4.69, 9.17) is 4.74 Å². The zero-order valence-electron chi connectivity index (χ0n) is 15.6. The highest BCUT2D eigenvalue weighted by molar-refractivity contribution is 7.98. The van der Waals surface area contributed by atoms with Crippen molar-refractivity contribution in [2.45, 2.75) is 17.9 Å². The van der Waals surface area contributed by atoms with Gasteiger partial charge in [-0.2, -0.15) is 0 Å². The van der Waals surface area contributed by atoms with E-state index in [1.54, 1.807) is 16.7 Å². The minimum absolute atomic E-state index is 0.0912. The maximum absolute atomic E-state index is 12.3. The van der Waals surface area contributed by atoms with Gasteiger partial charge in [0.25, 0.3) is 5.91 Å². The second-order valence-corrected chi connectivity index (χ2v) is 7.36. The second kappa shape index (κ2) is 9.41. The van der Waals surface area contributed by atoms with Crippen LogP contribution in [0.1, 0.15) is 12.0 Å². The highest BCUT2D eigenvalue weighted by atomic mass is 32.2. The van der Waals surface area contributed by atoms with Gasteiger partial charge < -0.3 is 15.0 Å². The zero-order valence-corrected chi connectivity index (χ0v) is 16.4. The van der Waals surface area contributed by atoms with Gasteiger partial charge in [0, 0.05) is 30.1 Å². The van der Waals surface area contributed by atoms with Gasteiger partial charge in [0.05, 0.1) is 5.92 Å². The third-order valence-corrected chi connectivity index (χ3v) is 5.23. The van der Waals surface area contributed by atoms with Crippen LogP contribution in [0.15, 0.2) is 59.5 Å². The van der Waals surface area contributed by atoms with Crippen LogP contribution in [0, 0.1) is 5.92 Å². The van der Waals surface area contributed by atoms with Gasteiger partial charge in [-0.1, -0.05) is 36.4 Å². The summed E-state index contributed by atoms with van der Waals surface area (Å²) < 4.78 is 5.12. The molecular weight excluding hydrogens is 376 g/mol. The summed E-state index contributed by atoms with van der Waals surface area (Å²) in [6.07, 6.45) is 2.06. The molecule has 1 heterocycles. The van der Waals surface area contributed by atoms with Crippen molar-refractivity contribution in [1.82, 2.24) is 5.32 Å². The van der Waals surface area contributed by atoms with E-state index in [1.165, 1.54) is 0 Å². The number of amides is 2. The van der Waals surface area contributed by atoms with Crippen molar-refractivity contribution in [2.75, 3.05) is 24.3 Å². The van der Waals surface area contributed by atoms with E-state index in [0.717, 1.165) is 16.1 Å². The number of nitrogens with one attached hydrogen (secondary N) is 1. The number of ether oxygens (including phenoxy) is 1. The molecule has 2 amide bonds. The van der Waals surface area contributed by atoms with Crippen LogP contribution >= 0.6 is 11.8 Å². The lowest BCUT2D eigenvalue weighted by Gasteiger charge is -2.17. The van der Waals surface area contributed by atoms with Gasteiger partial charge in [0.1, 0.15) is 0 Å². The quantitative estimate of drug-likeness (QED) is 0.573. The Hall–Kier alpha value is -2.80. The van der Waals surface area contributed by atoms with Crippen LogP contribution in [0.5, 0.6) is 0 Å². The summed E-state index contributed by atoms with van der Waals surface area (Å²) >= 11 is 1.59. The van der Waals surface area contributed by atoms with Crippen molar-refractivity contribution in [3.05, 3.63) is 60.2 Å². The molecule has 1 N–H and O–H groups in total. The van der Waals surface area contributed by atoms with Gasteiger partial charge in [0.2, 0.25) is 5.91 Å². The molecule has 0 bridgehead atoms. The average molecular weight is 398 g/mol. The molecular formula is C21H22N2O4S. The third kappa shape index (κ3) is 5.13. The molecule has 0 radical (unpaired) electrons. The molecule has 0 aromatic heterocycles. The van der Waals surface area contributed by atoms with Gasteiger partial charge in [-0.3, -0.25) is 14.4 Å². The first kappa shape index (κ1) is 19.9. The maximum Gasteiger partial charge on any atom is 0.311 e. The Kier molecular flexibility index (Phi) is 6.71. The summed E-state index contributed by atoms with van der Waals surface area (Å²) in [4.78, 5) is 39.1. The lowest BCUT2D eigenvalue weighted by molar-refractivity contribution is -0.152. The molecule has 0 unspecified atom stereocenters. The van der Waals surface area contributed by atoms with Crippen molar-refractivity contribution in [3.63, 3.8) is 0 Å². The molecule has 0 saturated carbocycles. The molecule has 1 atom stereocenters. The van der Waals surface area contributed by atoms with Crippen molar-refractivity contribution in [1.29, 1.82) is 0 Å². The fraction of sp³-hybridized carbons (Fsp3) is 0.286. The number of anilines is 1. The standard InChI is InChI=1S/C21H22N2O4S/c1-28-18-9-5-8-17(11-18)23-13-16(10-20(23)25)21(26)27-14-19(24)22-12-15-6-3-2-4-7-15/h2-9,11,16H,10,12-14H2,1H3,(H,22,24)/t16-/m1/s1. The normalized spacial score (nSPS) is 16.1. The SMILES string of the molecule is CSc1cccc(N2C[C@H](C(=O)OCC(=O)NCc3ccccc3)CC2=O)c1. The Morgan fingerprint density at radius 3 is 2.71 bits per heavy atom. The van der Waals surface area contributed by atoms with Crippen LogP contribution in [0.4, 0.5) is 5.69 Å². The maximum atomic E-state index is 12.3. The van der Waals surface area contributed by atoms with Gasteiger partial charge >= 0.3 is 5.97 Å². The Morgan fingerprint density at radius 1 is 1.18 bits per heavy atom. The topological polar surface area (TPSA) is 75.7 Å². The van der Waals surface area contributed by atoms with E-state index in [9.17, 15) is 14.4 Å². The first-order chi connectivity index (χ1) is 13.6. The Balaban J connectivity index is 1.48. The fourth-order valence-corrected chi connectivity index (χ4v) is 3.45. The molecule has 1 fully saturated rings. The van der Waals surface area contributed by atoms with E-state index < -0.39 is 11.9 Å². The first-order valence-corrected chi connectivity index (χ1v) is 10.2. The molecule has 0 spiro atoms. The molecule has 1 aliphatic rings. The molecule has 3 rings (SSSR count). The minimum Gasteiger partial charge on any atom is -0.455 e. The van der Waals surface area contributed by atoms with Crippen LogP contribution in [0.3, 0.4) is 0 Å². The number of hydrogen-bond acceptors (Lipinski definition) is 5. The highest BCUT2D eigenvalue weighted by Gasteiger charge is 2.36. The number of nitrogens with zero attached hydrogens (tertiary/aromatic N) is 1. The Bertz CT molecular complexity index is 856. The van der Waals surface area contributed by atoms with E-state index in [-0.39, 0.29) is 31.4 Å². The van der Waals surface area contributed by atoms with Gasteiger partial charge in [-0.15, -0.1) is 11.8 Å². The van der Waals surface area contributed by atoms with E-state index in [2.05, 4.69) is 5.32 Å². The number of hydrogen-bond donors (Lipinski definition) is 1. The average Bonchev–Trinajstić information content (AvgIpc) is 3.13. The number of esters is 1. The predicted molar refractivity (Wildman–Crippen MR) is 108 cm³/mol. The summed E-state index contributed by atoms with van der Waals surface area (Å²) in [5.41, 5.74) is 1.74. The smallest absolute Gasteiger partial charge is 0.311 e. The monoisotopic (exact) mass is 398 g/mol. The Morgan fingerprint density at radius 2 is 1.96 bits per heavy atom. The van der Waals surface area contributed by atoms with Crippen LogP contribution in [0.25, 0.3) is 0 Å². The van der Waals surface area contributed by atoms with Gasteiger partial charge in [-0.05, 0) is 30.0 Å². The van der Waals surface area contributed by atoms with E-state index in [0.29, 0.717) is 6.54 Å². The van der Waals surface area contributed by atoms with Crippen LogP contribution < -0.4 is 10.2 Å². The largest absolute Gasteiger partial charge is 0.455 e. The molecule has 0 aliphatic carbocycles. The van der Waals surface area contributed by atoms with Crippen LogP contribution in [0.2, 0.25) is 0 Å². The molecule has 6 nitrogen and oxygen atoms in total. The first-order valence-electron chi connectivity index (χ1n) is 8.98. The summed E-state index contributed by atoms with van der Waals surface area (Å²) in [5, 5.41) is 2.71. The molecule has 7 heteroatoms. The number of rotatable bonds is 7. The van der Waals surface area contributed by atoms with E-state index in [1.807, 2.05) is 60.9 Å². The fourth-order valence-electron chi connectivity index (χ4n) is 3.00. The van der Waals surface area contributed by atoms with Crippen LogP contribution in [-0.2, 0) is 25.7 Å². The summed E-state index contributed by atoms with van der Waals surface area (Å²) in [7, 11) is 0. The van der Waals surface area contributed by atoms with Gasteiger partial charge in [-0.25, -0.2) is 0 Å². The number of carbonyl (C=O) groups excluding carboxylic acids is 3. The number of carbonyl (C=O) groups is 3. The number of thioether (sulfide) groups is 1. The predicted octanol–water partition coefficient (Wildman–Crippen LogP) is 2.62. The lowest BCUT2D eigenvalue weighted by Crippen LogP contribution is -2.31. The summed E-state index contributed by atoms with van der Waals surface area (Å²) in [6.45, 7) is 0.290. The zero-order chi connectivity index (χ0) is 19.9. The molecule has 2 aromatic carbocycles. The van der Waals surface area contributed by atoms with Gasteiger partial charge in [0.15, 0.2) is 6.61 Å². The third-order valence-electron chi connectivity index (χ3n) is 4.50. The molecule has 28 heavy (non-hydrogen) atoms. The van der Waals surface area contributed by atoms with E-state index >= 15 is 0 Å². The molecule has 1 saturated heterocycles.